The molecule has 0 nitrogen and oxygen atoms in total. The molecule has 0 aromatic heterocycles. The number of rotatable bonds is 0. The van der Waals surface area contributed by atoms with Gasteiger partial charge in [-0.05, 0) is 25.7 Å². The van der Waals surface area contributed by atoms with Gasteiger partial charge in [0.2, 0.25) is 0 Å². The van der Waals surface area contributed by atoms with Crippen LogP contribution in [0.15, 0.2) is 97.2 Å². The van der Waals surface area contributed by atoms with Crippen molar-refractivity contribution in [2.24, 2.45) is 23.7 Å². The molecular formula is C34H32. The Morgan fingerprint density at radius 2 is 0.529 bits per heavy atom. The minimum atomic E-state index is 0.0850. The maximum absolute atomic E-state index is 3.36. The topological polar surface area (TPSA) is 0 Å². The largest absolute Gasteiger partial charge is 0.0905 e. The second kappa shape index (κ2) is 15.9. The lowest BCUT2D eigenvalue weighted by atomic mass is 10.0. The van der Waals surface area contributed by atoms with Crippen molar-refractivity contribution in [3.05, 3.63) is 97.2 Å². The highest BCUT2D eigenvalue weighted by molar-refractivity contribution is 5.28. The van der Waals surface area contributed by atoms with Crippen LogP contribution in [0.25, 0.3) is 0 Å². The lowest BCUT2D eigenvalue weighted by Crippen LogP contribution is -1.90. The molecule has 0 amide bonds. The summed E-state index contributed by atoms with van der Waals surface area (Å²) in [6.07, 6.45) is 39.5. The van der Waals surface area contributed by atoms with Crippen LogP contribution in [0, 0.1) is 71.0 Å². The molecule has 0 saturated heterocycles. The number of hydrogen-bond acceptors (Lipinski definition) is 0. The summed E-state index contributed by atoms with van der Waals surface area (Å²) in [7, 11) is 0. The monoisotopic (exact) mass is 440 g/mol. The van der Waals surface area contributed by atoms with E-state index in [2.05, 4.69) is 145 Å². The first-order valence-electron chi connectivity index (χ1n) is 12.2. The Labute approximate surface area is 206 Å². The standard InChI is InChI=1S/C34H32/c1-7-19-31-21-9-2-13-25-33-26-14-4-11-23-32(20-8-1)24-12-5-16-28-34(27-15-3-10-22-31)30-18-6-17-29-33/h7-9,12-13,16-21,24-25,28-34H,1-6H2/b19-7-,20-8-,21-9-,24-12?,25-13?,28-16-,29-17?,30-18-. The third kappa shape index (κ3) is 10.7. The van der Waals surface area contributed by atoms with Crippen molar-refractivity contribution in [1.82, 2.24) is 0 Å². The Morgan fingerprint density at radius 1 is 0.324 bits per heavy atom. The van der Waals surface area contributed by atoms with Gasteiger partial charge in [-0.1, -0.05) is 145 Å². The normalized spacial score (nSPS) is 31.1. The quantitative estimate of drug-likeness (QED) is 0.274. The Hall–Kier alpha value is -3.84. The third-order valence-corrected chi connectivity index (χ3v) is 5.26. The van der Waals surface area contributed by atoms with Crippen LogP contribution in [0.2, 0.25) is 0 Å². The van der Waals surface area contributed by atoms with Crippen molar-refractivity contribution in [2.45, 2.75) is 38.5 Å². The molecule has 4 aliphatic rings. The summed E-state index contributed by atoms with van der Waals surface area (Å²) in [4.78, 5) is 0. The molecule has 0 aromatic rings. The van der Waals surface area contributed by atoms with Crippen molar-refractivity contribution in [2.75, 3.05) is 0 Å². The zero-order valence-corrected chi connectivity index (χ0v) is 19.8. The van der Waals surface area contributed by atoms with Crippen LogP contribution in [-0.4, -0.2) is 0 Å². The molecule has 0 heterocycles. The molecule has 0 heteroatoms. The Balaban J connectivity index is 2.06. The summed E-state index contributed by atoms with van der Waals surface area (Å²) in [5.74, 6) is 26.8. The summed E-state index contributed by atoms with van der Waals surface area (Å²) in [5.41, 5.74) is 0. The minimum absolute atomic E-state index is 0.0850. The molecule has 4 rings (SSSR count). The first-order valence-corrected chi connectivity index (χ1v) is 12.2. The van der Waals surface area contributed by atoms with Gasteiger partial charge in [-0.25, -0.2) is 0 Å². The molecule has 4 aliphatic carbocycles. The Bertz CT molecular complexity index is 909. The van der Waals surface area contributed by atoms with Gasteiger partial charge in [0.1, 0.15) is 0 Å². The molecule has 0 aromatic carbocycles. The zero-order chi connectivity index (χ0) is 23.5. The molecule has 168 valence electrons. The highest BCUT2D eigenvalue weighted by Gasteiger charge is 1.98. The van der Waals surface area contributed by atoms with Crippen LogP contribution in [0.5, 0.6) is 0 Å². The predicted molar refractivity (Wildman–Crippen MR) is 146 cm³/mol. The molecule has 0 aliphatic heterocycles. The van der Waals surface area contributed by atoms with E-state index in [1.165, 1.54) is 0 Å². The maximum Gasteiger partial charge on any atom is 0.0703 e. The molecule has 0 N–H and O–H groups in total. The van der Waals surface area contributed by atoms with Gasteiger partial charge in [-0.2, -0.15) is 0 Å². The number of hydrogen-bond donors (Lipinski definition) is 0. The van der Waals surface area contributed by atoms with E-state index in [0.29, 0.717) is 12.8 Å². The molecule has 0 saturated carbocycles. The Morgan fingerprint density at radius 3 is 0.735 bits per heavy atom. The maximum atomic E-state index is 3.36. The van der Waals surface area contributed by atoms with Crippen LogP contribution in [0.1, 0.15) is 38.5 Å². The third-order valence-electron chi connectivity index (χ3n) is 5.26. The molecule has 0 spiro atoms. The molecule has 34 heavy (non-hydrogen) atoms. The summed E-state index contributed by atoms with van der Waals surface area (Å²) < 4.78 is 0. The van der Waals surface area contributed by atoms with Gasteiger partial charge in [-0.3, -0.25) is 0 Å². The van der Waals surface area contributed by atoms with Gasteiger partial charge in [0.15, 0.2) is 0 Å². The van der Waals surface area contributed by atoms with Gasteiger partial charge < -0.3 is 0 Å². The molecule has 4 unspecified atom stereocenters. The predicted octanol–water partition coefficient (Wildman–Crippen LogP) is 7.30. The van der Waals surface area contributed by atoms with E-state index in [0.717, 1.165) is 25.7 Å². The van der Waals surface area contributed by atoms with Crippen LogP contribution < -0.4 is 0 Å². The Kier molecular flexibility index (Phi) is 11.6. The zero-order valence-electron chi connectivity index (χ0n) is 19.8. The number of fused-ring (bicyclic) bond motifs is 12. The first-order chi connectivity index (χ1) is 16.9. The van der Waals surface area contributed by atoms with Crippen molar-refractivity contribution in [3.8, 4) is 47.4 Å². The lowest BCUT2D eigenvalue weighted by Gasteiger charge is -2.01. The van der Waals surface area contributed by atoms with Crippen molar-refractivity contribution >= 4 is 0 Å². The summed E-state index contributed by atoms with van der Waals surface area (Å²) in [6, 6.07) is 0. The average Bonchev–Trinajstić information content (AvgIpc) is 2.83. The fraction of sp³-hybridized carbons (Fsp3) is 0.294. The van der Waals surface area contributed by atoms with Crippen molar-refractivity contribution in [1.29, 1.82) is 0 Å². The molecule has 4 atom stereocenters. The van der Waals surface area contributed by atoms with E-state index in [-0.39, 0.29) is 23.7 Å². The van der Waals surface area contributed by atoms with Crippen LogP contribution in [0.3, 0.4) is 0 Å². The lowest BCUT2D eigenvalue weighted by molar-refractivity contribution is 1.05. The minimum Gasteiger partial charge on any atom is -0.0905 e. The summed E-state index contributed by atoms with van der Waals surface area (Å²) in [5, 5.41) is 0. The van der Waals surface area contributed by atoms with E-state index in [1.54, 1.807) is 0 Å². The van der Waals surface area contributed by atoms with E-state index in [1.807, 2.05) is 0 Å². The van der Waals surface area contributed by atoms with E-state index >= 15 is 0 Å². The van der Waals surface area contributed by atoms with Gasteiger partial charge >= 0.3 is 0 Å². The average molecular weight is 441 g/mol. The van der Waals surface area contributed by atoms with Crippen molar-refractivity contribution in [3.63, 3.8) is 0 Å². The van der Waals surface area contributed by atoms with Gasteiger partial charge in [0.25, 0.3) is 0 Å². The highest BCUT2D eigenvalue weighted by Crippen LogP contribution is 2.10. The van der Waals surface area contributed by atoms with E-state index < -0.39 is 0 Å². The molecular weight excluding hydrogens is 408 g/mol. The summed E-state index contributed by atoms with van der Waals surface area (Å²) >= 11 is 0. The number of allylic oxidation sites excluding steroid dienone is 16. The molecule has 4 bridgehead atoms. The second-order valence-corrected chi connectivity index (χ2v) is 8.11. The second-order valence-electron chi connectivity index (χ2n) is 8.11. The van der Waals surface area contributed by atoms with Gasteiger partial charge in [0, 0.05) is 0 Å². The van der Waals surface area contributed by atoms with Crippen molar-refractivity contribution < 1.29 is 0 Å². The van der Waals surface area contributed by atoms with Crippen LogP contribution >= 0.6 is 0 Å². The first kappa shape index (κ1) is 24.8. The SMILES string of the molecule is C1#CC2C=CC/C=C\C3C#CCC#CC(/C=C\CC=C2)/C=C\C/C=C\C(C#CC1)C=CC/C=C\3. The molecule has 0 fully saturated rings. The fourth-order valence-corrected chi connectivity index (χ4v) is 3.52. The van der Waals surface area contributed by atoms with E-state index in [9.17, 15) is 0 Å². The van der Waals surface area contributed by atoms with Crippen LogP contribution in [-0.2, 0) is 0 Å². The highest BCUT2D eigenvalue weighted by atomic mass is 14.0. The van der Waals surface area contributed by atoms with Gasteiger partial charge in [-0.15, -0.1) is 0 Å². The van der Waals surface area contributed by atoms with Gasteiger partial charge in [0.05, 0.1) is 36.5 Å². The van der Waals surface area contributed by atoms with Crippen LogP contribution in [0.4, 0.5) is 0 Å². The fourth-order valence-electron chi connectivity index (χ4n) is 3.52. The molecule has 0 radical (unpaired) electrons. The summed E-state index contributed by atoms with van der Waals surface area (Å²) in [6.45, 7) is 0. The smallest absolute Gasteiger partial charge is 0.0703 e. The van der Waals surface area contributed by atoms with E-state index in [4.69, 9.17) is 0 Å².